The summed E-state index contributed by atoms with van der Waals surface area (Å²) in [5.74, 6) is -0.420. The van der Waals surface area contributed by atoms with Gasteiger partial charge >= 0.3 is 0 Å². The van der Waals surface area contributed by atoms with Gasteiger partial charge in [0, 0.05) is 24.9 Å². The Hall–Kier alpha value is -3.23. The quantitative estimate of drug-likeness (QED) is 0.654. The number of hydrogen-bond donors (Lipinski definition) is 0. The molecule has 2 bridgehead atoms. The van der Waals surface area contributed by atoms with Crippen molar-refractivity contribution in [3.8, 4) is 11.6 Å². The van der Waals surface area contributed by atoms with Crippen LogP contribution in [0.3, 0.4) is 0 Å². The third-order valence-corrected chi connectivity index (χ3v) is 4.33. The maximum atomic E-state index is 13.7. The summed E-state index contributed by atoms with van der Waals surface area (Å²) in [7, 11) is 1.63. The predicted molar refractivity (Wildman–Crippen MR) is 91.2 cm³/mol. The lowest BCUT2D eigenvalue weighted by Gasteiger charge is -2.20. The van der Waals surface area contributed by atoms with Crippen molar-refractivity contribution in [3.63, 3.8) is 0 Å². The average Bonchev–Trinajstić information content (AvgIpc) is 3.09. The number of alkyl halides is 1. The molecule has 3 heterocycles. The van der Waals surface area contributed by atoms with E-state index in [0.717, 1.165) is 0 Å². The van der Waals surface area contributed by atoms with Gasteiger partial charge in [-0.3, -0.25) is 4.79 Å². The fourth-order valence-electron chi connectivity index (χ4n) is 2.89. The third kappa shape index (κ3) is 3.16. The van der Waals surface area contributed by atoms with Crippen LogP contribution in [0.5, 0.6) is 11.6 Å². The SMILES string of the molecule is CN1CCOc2ccc(F)cc2C(CF)Oc2ccn3ncc(c3n2)C1=O. The molecule has 0 spiro atoms. The molecule has 1 atom stereocenters. The zero-order chi connectivity index (χ0) is 19.0. The number of aromatic nitrogens is 3. The Kier molecular flexibility index (Phi) is 4.35. The minimum atomic E-state index is -1.11. The number of hydrogen-bond acceptors (Lipinski definition) is 5. The number of carbonyl (C=O) groups is 1. The Morgan fingerprint density at radius 1 is 1.33 bits per heavy atom. The number of benzene rings is 1. The second-order valence-corrected chi connectivity index (χ2v) is 6.11. The van der Waals surface area contributed by atoms with Crippen molar-refractivity contribution < 1.29 is 23.0 Å². The molecule has 1 aromatic carbocycles. The fourth-order valence-corrected chi connectivity index (χ4v) is 2.89. The smallest absolute Gasteiger partial charge is 0.259 e. The van der Waals surface area contributed by atoms with Crippen LogP contribution in [-0.2, 0) is 0 Å². The molecule has 1 aliphatic heterocycles. The van der Waals surface area contributed by atoms with E-state index in [2.05, 4.69) is 10.1 Å². The number of amides is 1. The Balaban J connectivity index is 1.84. The van der Waals surface area contributed by atoms with Crippen molar-refractivity contribution in [2.24, 2.45) is 0 Å². The number of nitrogens with zero attached hydrogens (tertiary/aromatic N) is 4. The summed E-state index contributed by atoms with van der Waals surface area (Å²) in [6, 6.07) is 5.32. The first-order chi connectivity index (χ1) is 13.1. The highest BCUT2D eigenvalue weighted by atomic mass is 19.1. The monoisotopic (exact) mass is 374 g/mol. The van der Waals surface area contributed by atoms with E-state index in [4.69, 9.17) is 9.47 Å². The molecule has 0 radical (unpaired) electrons. The molecule has 0 N–H and O–H groups in total. The van der Waals surface area contributed by atoms with E-state index in [9.17, 15) is 13.6 Å². The van der Waals surface area contributed by atoms with Crippen LogP contribution in [0.15, 0.2) is 36.7 Å². The highest BCUT2D eigenvalue weighted by Crippen LogP contribution is 2.31. The second-order valence-electron chi connectivity index (χ2n) is 6.11. The third-order valence-electron chi connectivity index (χ3n) is 4.33. The summed E-state index contributed by atoms with van der Waals surface area (Å²) in [4.78, 5) is 18.4. The van der Waals surface area contributed by atoms with E-state index in [1.165, 1.54) is 39.9 Å². The van der Waals surface area contributed by atoms with Crippen molar-refractivity contribution in [1.29, 1.82) is 0 Å². The minimum absolute atomic E-state index is 0.0943. The van der Waals surface area contributed by atoms with Gasteiger partial charge in [0.25, 0.3) is 5.91 Å². The number of likely N-dealkylation sites (N-methyl/N-ethyl adjacent to an activating group) is 1. The summed E-state index contributed by atoms with van der Waals surface area (Å²) >= 11 is 0. The molecule has 1 amide bonds. The highest BCUT2D eigenvalue weighted by molar-refractivity contribution is 5.99. The average molecular weight is 374 g/mol. The Labute approximate surface area is 153 Å². The maximum Gasteiger partial charge on any atom is 0.259 e. The maximum absolute atomic E-state index is 13.7. The van der Waals surface area contributed by atoms with E-state index >= 15 is 0 Å². The summed E-state index contributed by atoms with van der Waals surface area (Å²) in [5.41, 5.74) is 0.824. The van der Waals surface area contributed by atoms with Crippen LogP contribution in [0.4, 0.5) is 8.78 Å². The van der Waals surface area contributed by atoms with Gasteiger partial charge in [-0.15, -0.1) is 0 Å². The standard InChI is InChI=1S/C18H16F2N4O3/c1-23-6-7-26-14-3-2-11(20)8-12(14)15(9-19)27-16-4-5-24-17(22-16)13(10-21-24)18(23)25/h2-5,8,10,15H,6-7,9H2,1H3. The first-order valence-corrected chi connectivity index (χ1v) is 8.31. The van der Waals surface area contributed by atoms with Gasteiger partial charge in [0.2, 0.25) is 5.88 Å². The zero-order valence-corrected chi connectivity index (χ0v) is 14.4. The van der Waals surface area contributed by atoms with Crippen LogP contribution in [0.2, 0.25) is 0 Å². The second kappa shape index (κ2) is 6.82. The number of rotatable bonds is 1. The number of halogens is 2. The minimum Gasteiger partial charge on any atom is -0.491 e. The molecule has 2 aromatic heterocycles. The van der Waals surface area contributed by atoms with Crippen LogP contribution < -0.4 is 9.47 Å². The van der Waals surface area contributed by atoms with E-state index in [1.54, 1.807) is 13.2 Å². The first-order valence-electron chi connectivity index (χ1n) is 8.31. The lowest BCUT2D eigenvalue weighted by atomic mass is 10.1. The molecule has 140 valence electrons. The number of ether oxygens (including phenoxy) is 2. The van der Waals surface area contributed by atoms with E-state index in [0.29, 0.717) is 17.0 Å². The highest BCUT2D eigenvalue weighted by Gasteiger charge is 2.23. The molecule has 1 aliphatic rings. The largest absolute Gasteiger partial charge is 0.491 e. The molecule has 0 saturated heterocycles. The number of fused-ring (bicyclic) bond motifs is 2. The molecule has 0 fully saturated rings. The summed E-state index contributed by atoms with van der Waals surface area (Å²) in [6.45, 7) is -0.485. The van der Waals surface area contributed by atoms with Crippen LogP contribution in [0.25, 0.3) is 5.65 Å². The molecule has 9 heteroatoms. The Morgan fingerprint density at radius 3 is 3.00 bits per heavy atom. The van der Waals surface area contributed by atoms with Crippen molar-refractivity contribution in [3.05, 3.63) is 53.6 Å². The molecular formula is C18H16F2N4O3. The zero-order valence-electron chi connectivity index (χ0n) is 14.4. The summed E-state index contributed by atoms with van der Waals surface area (Å²) < 4.78 is 40.2. The summed E-state index contributed by atoms with van der Waals surface area (Å²) in [6.07, 6.45) is 1.88. The van der Waals surface area contributed by atoms with Crippen molar-refractivity contribution >= 4 is 11.6 Å². The van der Waals surface area contributed by atoms with Crippen LogP contribution in [0.1, 0.15) is 22.0 Å². The van der Waals surface area contributed by atoms with Gasteiger partial charge in [-0.1, -0.05) is 0 Å². The molecule has 3 aromatic rings. The van der Waals surface area contributed by atoms with E-state index in [-0.39, 0.29) is 30.5 Å². The fraction of sp³-hybridized carbons (Fsp3) is 0.278. The van der Waals surface area contributed by atoms with Gasteiger partial charge in [0.15, 0.2) is 11.8 Å². The lowest BCUT2D eigenvalue weighted by molar-refractivity contribution is 0.0774. The first kappa shape index (κ1) is 17.2. The molecule has 1 unspecified atom stereocenters. The molecule has 0 saturated carbocycles. The predicted octanol–water partition coefficient (Wildman–Crippen LogP) is 2.42. The molecule has 0 aliphatic carbocycles. The van der Waals surface area contributed by atoms with Crippen molar-refractivity contribution in [2.45, 2.75) is 6.10 Å². The summed E-state index contributed by atoms with van der Waals surface area (Å²) in [5, 5.41) is 4.10. The lowest BCUT2D eigenvalue weighted by Crippen LogP contribution is -2.31. The van der Waals surface area contributed by atoms with Gasteiger partial charge < -0.3 is 14.4 Å². The normalized spacial score (nSPS) is 17.5. The van der Waals surface area contributed by atoms with E-state index in [1.807, 2.05) is 0 Å². The van der Waals surface area contributed by atoms with Crippen LogP contribution in [0, 0.1) is 5.82 Å². The van der Waals surface area contributed by atoms with Gasteiger partial charge in [-0.2, -0.15) is 10.1 Å². The van der Waals surface area contributed by atoms with Crippen molar-refractivity contribution in [2.75, 3.05) is 26.9 Å². The number of carbonyl (C=O) groups excluding carboxylic acids is 1. The van der Waals surface area contributed by atoms with Crippen LogP contribution in [-0.4, -0.2) is 52.3 Å². The van der Waals surface area contributed by atoms with Crippen LogP contribution >= 0.6 is 0 Å². The van der Waals surface area contributed by atoms with Gasteiger partial charge in [-0.25, -0.2) is 13.3 Å². The topological polar surface area (TPSA) is 69.0 Å². The Morgan fingerprint density at radius 2 is 2.19 bits per heavy atom. The van der Waals surface area contributed by atoms with E-state index < -0.39 is 18.6 Å². The van der Waals surface area contributed by atoms with Crippen molar-refractivity contribution in [1.82, 2.24) is 19.5 Å². The molecular weight excluding hydrogens is 358 g/mol. The molecule has 7 nitrogen and oxygen atoms in total. The van der Waals surface area contributed by atoms with Gasteiger partial charge in [0.05, 0.1) is 12.7 Å². The van der Waals surface area contributed by atoms with Gasteiger partial charge in [-0.05, 0) is 18.2 Å². The molecule has 27 heavy (non-hydrogen) atoms. The Bertz CT molecular complexity index is 1010. The van der Waals surface area contributed by atoms with Gasteiger partial charge in [0.1, 0.15) is 30.4 Å². The molecule has 4 rings (SSSR count).